The highest BCUT2D eigenvalue weighted by molar-refractivity contribution is 5.94. The van der Waals surface area contributed by atoms with Crippen LogP contribution in [-0.2, 0) is 11.0 Å². The molecule has 26 heavy (non-hydrogen) atoms. The standard InChI is InChI=1S/C16H19F3N4O3/c1-3-8-25-22-10(2)9-20-14(24)12-6-4-11(5-7-12)13-21-15(26-23-13)16(17,18)19/h4-7,10,22H,3,8-9H2,1-2H3,(H,20,24). The Kier molecular flexibility index (Phi) is 6.70. The van der Waals surface area contributed by atoms with Gasteiger partial charge >= 0.3 is 12.1 Å². The molecule has 0 bridgehead atoms. The lowest BCUT2D eigenvalue weighted by Crippen LogP contribution is -2.39. The van der Waals surface area contributed by atoms with Crippen molar-refractivity contribution in [1.82, 2.24) is 20.9 Å². The normalized spacial score (nSPS) is 12.8. The molecule has 7 nitrogen and oxygen atoms in total. The molecule has 142 valence electrons. The number of hydroxylamine groups is 1. The van der Waals surface area contributed by atoms with Crippen LogP contribution in [0.4, 0.5) is 13.2 Å². The Labute approximate surface area is 147 Å². The molecule has 0 aliphatic rings. The average molecular weight is 372 g/mol. The van der Waals surface area contributed by atoms with Crippen LogP contribution in [0.1, 0.15) is 36.5 Å². The Hall–Kier alpha value is -2.46. The zero-order valence-corrected chi connectivity index (χ0v) is 14.3. The monoisotopic (exact) mass is 372 g/mol. The maximum Gasteiger partial charge on any atom is 0.471 e. The summed E-state index contributed by atoms with van der Waals surface area (Å²) in [6, 6.07) is 5.77. The van der Waals surface area contributed by atoms with E-state index < -0.39 is 12.1 Å². The van der Waals surface area contributed by atoms with Gasteiger partial charge < -0.3 is 14.7 Å². The third-order valence-corrected chi connectivity index (χ3v) is 3.23. The van der Waals surface area contributed by atoms with Crippen molar-refractivity contribution >= 4 is 5.91 Å². The lowest BCUT2D eigenvalue weighted by Gasteiger charge is -2.14. The summed E-state index contributed by atoms with van der Waals surface area (Å²) < 4.78 is 41.6. The van der Waals surface area contributed by atoms with E-state index >= 15 is 0 Å². The van der Waals surface area contributed by atoms with E-state index in [2.05, 4.69) is 25.5 Å². The summed E-state index contributed by atoms with van der Waals surface area (Å²) in [7, 11) is 0. The van der Waals surface area contributed by atoms with Crippen molar-refractivity contribution < 1.29 is 27.3 Å². The predicted octanol–water partition coefficient (Wildman–Crippen LogP) is 2.80. The third-order valence-electron chi connectivity index (χ3n) is 3.23. The van der Waals surface area contributed by atoms with Gasteiger partial charge in [0.15, 0.2) is 0 Å². The summed E-state index contributed by atoms with van der Waals surface area (Å²) >= 11 is 0. The largest absolute Gasteiger partial charge is 0.471 e. The van der Waals surface area contributed by atoms with Gasteiger partial charge in [0.05, 0.1) is 6.61 Å². The Morgan fingerprint density at radius 2 is 2.00 bits per heavy atom. The maximum absolute atomic E-state index is 12.5. The molecule has 0 saturated carbocycles. The van der Waals surface area contributed by atoms with Crippen molar-refractivity contribution in [2.75, 3.05) is 13.2 Å². The number of halogens is 3. The minimum Gasteiger partial charge on any atom is -0.350 e. The lowest BCUT2D eigenvalue weighted by atomic mass is 10.1. The van der Waals surface area contributed by atoms with Crippen LogP contribution in [0.5, 0.6) is 0 Å². The first-order valence-corrected chi connectivity index (χ1v) is 7.98. The SMILES string of the molecule is CCCONC(C)CNC(=O)c1ccc(-c2noc(C(F)(F)F)n2)cc1. The Morgan fingerprint density at radius 1 is 1.31 bits per heavy atom. The maximum atomic E-state index is 12.5. The van der Waals surface area contributed by atoms with Gasteiger partial charge in [-0.05, 0) is 25.5 Å². The Morgan fingerprint density at radius 3 is 2.58 bits per heavy atom. The van der Waals surface area contributed by atoms with Crippen molar-refractivity contribution in [1.29, 1.82) is 0 Å². The summed E-state index contributed by atoms with van der Waals surface area (Å²) in [5, 5.41) is 6.02. The highest BCUT2D eigenvalue weighted by atomic mass is 19.4. The quantitative estimate of drug-likeness (QED) is 0.547. The van der Waals surface area contributed by atoms with E-state index in [0.717, 1.165) is 6.42 Å². The number of aromatic nitrogens is 2. The molecule has 0 aliphatic heterocycles. The van der Waals surface area contributed by atoms with Crippen molar-refractivity contribution in [2.45, 2.75) is 32.5 Å². The Bertz CT molecular complexity index is 716. The van der Waals surface area contributed by atoms with Gasteiger partial charge in [-0.25, -0.2) is 0 Å². The van der Waals surface area contributed by atoms with Gasteiger partial charge in [-0.15, -0.1) is 0 Å². The second-order valence-corrected chi connectivity index (χ2v) is 5.58. The first kappa shape index (κ1) is 19.9. The summed E-state index contributed by atoms with van der Waals surface area (Å²) in [5.74, 6) is -1.93. The molecule has 1 aromatic carbocycles. The van der Waals surface area contributed by atoms with Crippen molar-refractivity contribution in [3.05, 3.63) is 35.7 Å². The highest BCUT2D eigenvalue weighted by Crippen LogP contribution is 2.29. The van der Waals surface area contributed by atoms with Crippen LogP contribution in [0.15, 0.2) is 28.8 Å². The van der Waals surface area contributed by atoms with Crippen molar-refractivity contribution in [3.8, 4) is 11.4 Å². The van der Waals surface area contributed by atoms with Gasteiger partial charge in [-0.2, -0.15) is 23.6 Å². The summed E-state index contributed by atoms with van der Waals surface area (Å²) in [4.78, 5) is 20.5. The molecule has 2 aromatic rings. The summed E-state index contributed by atoms with van der Waals surface area (Å²) in [6.07, 6.45) is -3.82. The van der Waals surface area contributed by atoms with Crippen LogP contribution >= 0.6 is 0 Å². The molecule has 1 amide bonds. The molecule has 0 spiro atoms. The van der Waals surface area contributed by atoms with Crippen molar-refractivity contribution in [2.24, 2.45) is 0 Å². The van der Waals surface area contributed by atoms with Crippen molar-refractivity contribution in [3.63, 3.8) is 0 Å². The van der Waals surface area contributed by atoms with E-state index in [0.29, 0.717) is 24.3 Å². The van der Waals surface area contributed by atoms with Crippen LogP contribution in [-0.4, -0.2) is 35.2 Å². The van der Waals surface area contributed by atoms with Crippen LogP contribution < -0.4 is 10.8 Å². The van der Waals surface area contributed by atoms with Crippen LogP contribution in [0.3, 0.4) is 0 Å². The molecule has 1 atom stereocenters. The summed E-state index contributed by atoms with van der Waals surface area (Å²) in [5.41, 5.74) is 3.47. The molecule has 0 saturated heterocycles. The second kappa shape index (κ2) is 8.77. The number of carbonyl (C=O) groups excluding carboxylic acids is 1. The Balaban J connectivity index is 1.92. The number of hydrogen-bond donors (Lipinski definition) is 2. The number of benzene rings is 1. The van der Waals surface area contributed by atoms with E-state index in [9.17, 15) is 18.0 Å². The zero-order valence-electron chi connectivity index (χ0n) is 14.3. The first-order chi connectivity index (χ1) is 12.3. The fourth-order valence-corrected chi connectivity index (χ4v) is 1.92. The zero-order chi connectivity index (χ0) is 19.2. The number of rotatable bonds is 8. The molecule has 1 heterocycles. The minimum atomic E-state index is -4.70. The number of alkyl halides is 3. The number of carbonyl (C=O) groups is 1. The molecular weight excluding hydrogens is 353 g/mol. The van der Waals surface area contributed by atoms with Gasteiger partial charge in [0.25, 0.3) is 5.91 Å². The molecule has 1 aromatic heterocycles. The van der Waals surface area contributed by atoms with E-state index in [4.69, 9.17) is 4.84 Å². The predicted molar refractivity (Wildman–Crippen MR) is 85.9 cm³/mol. The molecule has 2 rings (SSSR count). The molecule has 0 fully saturated rings. The fraction of sp³-hybridized carbons (Fsp3) is 0.438. The van der Waals surface area contributed by atoms with E-state index in [1.165, 1.54) is 24.3 Å². The molecule has 10 heteroatoms. The third kappa shape index (κ3) is 5.53. The van der Waals surface area contributed by atoms with Crippen LogP contribution in [0.25, 0.3) is 11.4 Å². The fourth-order valence-electron chi connectivity index (χ4n) is 1.92. The average Bonchev–Trinajstić information content (AvgIpc) is 3.10. The topological polar surface area (TPSA) is 89.3 Å². The van der Waals surface area contributed by atoms with Gasteiger partial charge in [0.2, 0.25) is 5.82 Å². The molecule has 1 unspecified atom stereocenters. The molecule has 0 radical (unpaired) electrons. The smallest absolute Gasteiger partial charge is 0.350 e. The van der Waals surface area contributed by atoms with Gasteiger partial charge in [-0.3, -0.25) is 4.79 Å². The summed E-state index contributed by atoms with van der Waals surface area (Å²) in [6.45, 7) is 4.76. The van der Waals surface area contributed by atoms with E-state index in [-0.39, 0.29) is 17.8 Å². The number of amides is 1. The van der Waals surface area contributed by atoms with E-state index in [1.807, 2.05) is 13.8 Å². The lowest BCUT2D eigenvalue weighted by molar-refractivity contribution is -0.159. The molecular formula is C16H19F3N4O3. The van der Waals surface area contributed by atoms with Gasteiger partial charge in [-0.1, -0.05) is 24.2 Å². The number of nitrogens with zero attached hydrogens (tertiary/aromatic N) is 2. The minimum absolute atomic E-state index is 0.0788. The molecule has 0 aliphatic carbocycles. The highest BCUT2D eigenvalue weighted by Gasteiger charge is 2.38. The number of nitrogens with one attached hydrogen (secondary N) is 2. The van der Waals surface area contributed by atoms with Gasteiger partial charge in [0, 0.05) is 23.7 Å². The number of hydrogen-bond acceptors (Lipinski definition) is 6. The van der Waals surface area contributed by atoms with Crippen LogP contribution in [0.2, 0.25) is 0 Å². The van der Waals surface area contributed by atoms with Gasteiger partial charge in [0.1, 0.15) is 0 Å². The first-order valence-electron chi connectivity index (χ1n) is 7.98. The van der Waals surface area contributed by atoms with E-state index in [1.54, 1.807) is 0 Å². The molecule has 2 N–H and O–H groups in total. The second-order valence-electron chi connectivity index (χ2n) is 5.58. The van der Waals surface area contributed by atoms with Crippen LogP contribution in [0, 0.1) is 0 Å².